The van der Waals surface area contributed by atoms with Crippen LogP contribution in [0.3, 0.4) is 0 Å². The van der Waals surface area contributed by atoms with Crippen molar-refractivity contribution in [2.24, 2.45) is 0 Å². The van der Waals surface area contributed by atoms with Gasteiger partial charge in [0.1, 0.15) is 11.9 Å². The van der Waals surface area contributed by atoms with E-state index in [0.717, 1.165) is 18.4 Å². The summed E-state index contributed by atoms with van der Waals surface area (Å²) < 4.78 is 5.19. The number of aliphatic hydroxyl groups excluding tert-OH is 1. The van der Waals surface area contributed by atoms with Crippen molar-refractivity contribution < 1.29 is 14.3 Å². The van der Waals surface area contributed by atoms with Crippen LogP contribution in [0.2, 0.25) is 5.02 Å². The molecule has 0 bridgehead atoms. The number of hydrogen-bond donors (Lipinski definition) is 2. The highest BCUT2D eigenvalue weighted by Gasteiger charge is 2.51. The maximum atomic E-state index is 12.6. The number of nitrogens with one attached hydrogen (secondary N) is 1. The van der Waals surface area contributed by atoms with E-state index in [0.29, 0.717) is 17.2 Å². The Morgan fingerprint density at radius 1 is 1.35 bits per heavy atom. The Morgan fingerprint density at radius 2 is 2.04 bits per heavy atom. The van der Waals surface area contributed by atoms with Crippen LogP contribution in [-0.2, 0) is 10.2 Å². The maximum absolute atomic E-state index is 12.6. The van der Waals surface area contributed by atoms with Crippen molar-refractivity contribution in [3.63, 3.8) is 0 Å². The van der Waals surface area contributed by atoms with E-state index in [1.165, 1.54) is 6.26 Å². The molecule has 1 saturated carbocycles. The zero-order valence-electron chi connectivity index (χ0n) is 13.0. The number of halogens is 1. The van der Waals surface area contributed by atoms with Crippen molar-refractivity contribution in [2.75, 3.05) is 0 Å². The standard InChI is InChI=1S/C18H20ClNO3/c1-12(11-15(21)16-3-2-10-23-16)20-17(22)18(8-9-18)13-4-6-14(19)7-5-13/h2-7,10,12,15,21H,8-9,11H2,1H3,(H,20,22). The van der Waals surface area contributed by atoms with Crippen molar-refractivity contribution in [1.29, 1.82) is 0 Å². The Bertz CT molecular complexity index is 662. The lowest BCUT2D eigenvalue weighted by Crippen LogP contribution is -2.40. The van der Waals surface area contributed by atoms with E-state index in [9.17, 15) is 9.90 Å². The van der Waals surface area contributed by atoms with Gasteiger partial charge in [0.15, 0.2) is 0 Å². The molecule has 1 fully saturated rings. The lowest BCUT2D eigenvalue weighted by atomic mass is 9.94. The summed E-state index contributed by atoms with van der Waals surface area (Å²) >= 11 is 5.91. The summed E-state index contributed by atoms with van der Waals surface area (Å²) in [5, 5.41) is 13.8. The summed E-state index contributed by atoms with van der Waals surface area (Å²) in [7, 11) is 0. The highest BCUT2D eigenvalue weighted by molar-refractivity contribution is 6.30. The molecule has 122 valence electrons. The monoisotopic (exact) mass is 333 g/mol. The van der Waals surface area contributed by atoms with Crippen LogP contribution in [0.5, 0.6) is 0 Å². The second-order valence-electron chi connectivity index (χ2n) is 6.23. The van der Waals surface area contributed by atoms with E-state index in [1.54, 1.807) is 12.1 Å². The molecule has 1 aliphatic carbocycles. The van der Waals surface area contributed by atoms with Crippen molar-refractivity contribution in [3.8, 4) is 0 Å². The molecule has 0 aliphatic heterocycles. The molecular formula is C18H20ClNO3. The van der Waals surface area contributed by atoms with Gasteiger partial charge in [-0.2, -0.15) is 0 Å². The molecule has 4 nitrogen and oxygen atoms in total. The molecule has 1 amide bonds. The number of furan rings is 1. The van der Waals surface area contributed by atoms with E-state index < -0.39 is 11.5 Å². The van der Waals surface area contributed by atoms with Gasteiger partial charge in [-0.25, -0.2) is 0 Å². The Labute approximate surface area is 140 Å². The fourth-order valence-corrected chi connectivity index (χ4v) is 3.02. The molecule has 2 N–H and O–H groups in total. The first-order valence-corrected chi connectivity index (χ1v) is 8.17. The minimum absolute atomic E-state index is 0.0129. The number of carbonyl (C=O) groups is 1. The highest BCUT2D eigenvalue weighted by Crippen LogP contribution is 2.48. The smallest absolute Gasteiger partial charge is 0.230 e. The fraction of sp³-hybridized carbons (Fsp3) is 0.389. The third-order valence-electron chi connectivity index (χ3n) is 4.41. The molecule has 0 radical (unpaired) electrons. The largest absolute Gasteiger partial charge is 0.467 e. The van der Waals surface area contributed by atoms with Crippen LogP contribution in [0.1, 0.15) is 43.6 Å². The van der Waals surface area contributed by atoms with Crippen molar-refractivity contribution in [1.82, 2.24) is 5.32 Å². The van der Waals surface area contributed by atoms with Gasteiger partial charge in [0.05, 0.1) is 11.7 Å². The predicted molar refractivity (Wildman–Crippen MR) is 88.3 cm³/mol. The molecule has 1 heterocycles. The first-order valence-electron chi connectivity index (χ1n) is 7.80. The molecule has 2 aromatic rings. The number of aliphatic hydroxyl groups is 1. The minimum Gasteiger partial charge on any atom is -0.467 e. The molecule has 3 rings (SSSR count). The van der Waals surface area contributed by atoms with Crippen LogP contribution in [0, 0.1) is 0 Å². The van der Waals surface area contributed by atoms with E-state index in [-0.39, 0.29) is 11.9 Å². The van der Waals surface area contributed by atoms with Gasteiger partial charge in [-0.15, -0.1) is 0 Å². The molecule has 1 aliphatic rings. The van der Waals surface area contributed by atoms with Gasteiger partial charge in [0.25, 0.3) is 0 Å². The third kappa shape index (κ3) is 3.43. The van der Waals surface area contributed by atoms with Gasteiger partial charge < -0.3 is 14.8 Å². The summed E-state index contributed by atoms with van der Waals surface area (Å²) in [6.07, 6.45) is 2.91. The van der Waals surface area contributed by atoms with Crippen LogP contribution in [-0.4, -0.2) is 17.1 Å². The molecule has 0 saturated heterocycles. The molecule has 23 heavy (non-hydrogen) atoms. The number of benzene rings is 1. The van der Waals surface area contributed by atoms with Crippen LogP contribution in [0.25, 0.3) is 0 Å². The van der Waals surface area contributed by atoms with E-state index >= 15 is 0 Å². The van der Waals surface area contributed by atoms with Gasteiger partial charge in [-0.1, -0.05) is 23.7 Å². The second-order valence-corrected chi connectivity index (χ2v) is 6.67. The normalized spacial score (nSPS) is 18.2. The average molecular weight is 334 g/mol. The summed E-state index contributed by atoms with van der Waals surface area (Å²) in [5.41, 5.74) is 0.562. The van der Waals surface area contributed by atoms with Crippen molar-refractivity contribution >= 4 is 17.5 Å². The Kier molecular flexibility index (Phi) is 4.46. The van der Waals surface area contributed by atoms with Gasteiger partial charge in [0, 0.05) is 17.5 Å². The Balaban J connectivity index is 1.61. The first-order chi connectivity index (χ1) is 11.0. The topological polar surface area (TPSA) is 62.5 Å². The first kappa shape index (κ1) is 16.1. The summed E-state index contributed by atoms with van der Waals surface area (Å²) in [4.78, 5) is 12.6. The zero-order valence-corrected chi connectivity index (χ0v) is 13.7. The lowest BCUT2D eigenvalue weighted by Gasteiger charge is -2.21. The summed E-state index contributed by atoms with van der Waals surface area (Å²) in [5.74, 6) is 0.531. The van der Waals surface area contributed by atoms with Crippen LogP contribution in [0.15, 0.2) is 47.1 Å². The summed E-state index contributed by atoms with van der Waals surface area (Å²) in [6, 6.07) is 10.8. The molecule has 0 spiro atoms. The zero-order chi connectivity index (χ0) is 16.4. The quantitative estimate of drug-likeness (QED) is 0.849. The number of hydrogen-bond acceptors (Lipinski definition) is 3. The number of carbonyl (C=O) groups excluding carboxylic acids is 1. The molecule has 2 atom stereocenters. The summed E-state index contributed by atoms with van der Waals surface area (Å²) in [6.45, 7) is 1.89. The Hall–Kier alpha value is -1.78. The van der Waals surface area contributed by atoms with Crippen molar-refractivity contribution in [3.05, 3.63) is 59.0 Å². The fourth-order valence-electron chi connectivity index (χ4n) is 2.89. The predicted octanol–water partition coefficient (Wildman–Crippen LogP) is 3.59. The Morgan fingerprint density at radius 3 is 2.61 bits per heavy atom. The van der Waals surface area contributed by atoms with Crippen LogP contribution < -0.4 is 5.32 Å². The van der Waals surface area contributed by atoms with E-state index in [2.05, 4.69) is 5.32 Å². The van der Waals surface area contributed by atoms with Crippen LogP contribution >= 0.6 is 11.6 Å². The van der Waals surface area contributed by atoms with Crippen molar-refractivity contribution in [2.45, 2.75) is 43.7 Å². The molecule has 5 heteroatoms. The van der Waals surface area contributed by atoms with Gasteiger partial charge >= 0.3 is 0 Å². The van der Waals surface area contributed by atoms with Gasteiger partial charge in [-0.3, -0.25) is 4.79 Å². The van der Waals surface area contributed by atoms with Gasteiger partial charge in [-0.05, 0) is 49.6 Å². The third-order valence-corrected chi connectivity index (χ3v) is 4.66. The lowest BCUT2D eigenvalue weighted by molar-refractivity contribution is -0.124. The molecule has 1 aromatic carbocycles. The SMILES string of the molecule is CC(CC(O)c1ccco1)NC(=O)C1(c2ccc(Cl)cc2)CC1. The van der Waals surface area contributed by atoms with E-state index in [1.807, 2.05) is 31.2 Å². The molecule has 2 unspecified atom stereocenters. The minimum atomic E-state index is -0.717. The van der Waals surface area contributed by atoms with Crippen LogP contribution in [0.4, 0.5) is 0 Å². The van der Waals surface area contributed by atoms with Gasteiger partial charge in [0.2, 0.25) is 5.91 Å². The average Bonchev–Trinajstić information content (AvgIpc) is 3.14. The molecular weight excluding hydrogens is 314 g/mol. The maximum Gasteiger partial charge on any atom is 0.230 e. The highest BCUT2D eigenvalue weighted by atomic mass is 35.5. The number of amides is 1. The molecule has 1 aromatic heterocycles. The number of rotatable bonds is 6. The second kappa shape index (κ2) is 6.38. The van der Waals surface area contributed by atoms with E-state index in [4.69, 9.17) is 16.0 Å².